The maximum Gasteiger partial charge on any atom is 0.201 e. The number of nitrogens with zero attached hydrogens (tertiary/aromatic N) is 2. The van der Waals surface area contributed by atoms with Gasteiger partial charge in [0.05, 0.1) is 29.7 Å². The molecule has 0 radical (unpaired) electrons. The van der Waals surface area contributed by atoms with Crippen molar-refractivity contribution >= 4 is 28.6 Å². The number of ether oxygens (including phenoxy) is 1. The fourth-order valence-electron chi connectivity index (χ4n) is 2.23. The highest BCUT2D eigenvalue weighted by Crippen LogP contribution is 2.25. The van der Waals surface area contributed by atoms with Gasteiger partial charge < -0.3 is 15.0 Å². The lowest BCUT2D eigenvalue weighted by atomic mass is 10.2. The first-order valence-electron chi connectivity index (χ1n) is 6.32. The van der Waals surface area contributed by atoms with Crippen LogP contribution in [0.3, 0.4) is 0 Å². The highest BCUT2D eigenvalue weighted by atomic mass is 35.5. The van der Waals surface area contributed by atoms with Crippen molar-refractivity contribution in [2.45, 2.75) is 6.54 Å². The van der Waals surface area contributed by atoms with Crippen LogP contribution in [-0.4, -0.2) is 16.7 Å². The van der Waals surface area contributed by atoms with Gasteiger partial charge in [-0.05, 0) is 29.8 Å². The highest BCUT2D eigenvalue weighted by Gasteiger charge is 2.10. The van der Waals surface area contributed by atoms with Gasteiger partial charge in [-0.2, -0.15) is 0 Å². The van der Waals surface area contributed by atoms with Crippen molar-refractivity contribution in [3.05, 3.63) is 52.8 Å². The first-order valence-corrected chi connectivity index (χ1v) is 6.70. The summed E-state index contributed by atoms with van der Waals surface area (Å²) in [5, 5.41) is 0.0908. The van der Waals surface area contributed by atoms with Crippen LogP contribution in [0.5, 0.6) is 5.75 Å². The summed E-state index contributed by atoms with van der Waals surface area (Å²) in [5.74, 6) is 0.671. The minimum Gasteiger partial charge on any atom is -0.497 e. The van der Waals surface area contributed by atoms with E-state index in [0.717, 1.165) is 22.3 Å². The quantitative estimate of drug-likeness (QED) is 0.806. The Labute approximate surface area is 125 Å². The third-order valence-electron chi connectivity index (χ3n) is 3.31. The van der Waals surface area contributed by atoms with E-state index in [1.165, 1.54) is 6.07 Å². The second kappa shape index (κ2) is 5.26. The van der Waals surface area contributed by atoms with Crippen LogP contribution in [-0.2, 0) is 6.54 Å². The van der Waals surface area contributed by atoms with E-state index >= 15 is 0 Å². The molecule has 0 aliphatic carbocycles. The second-order valence-corrected chi connectivity index (χ2v) is 5.07. The molecule has 0 spiro atoms. The zero-order valence-electron chi connectivity index (χ0n) is 11.3. The van der Waals surface area contributed by atoms with Crippen LogP contribution in [0, 0.1) is 5.82 Å². The van der Waals surface area contributed by atoms with Gasteiger partial charge >= 0.3 is 0 Å². The van der Waals surface area contributed by atoms with Crippen LogP contribution in [0.2, 0.25) is 5.02 Å². The fraction of sp³-hybridized carbons (Fsp3) is 0.133. The molecule has 2 aromatic carbocycles. The monoisotopic (exact) mass is 305 g/mol. The van der Waals surface area contributed by atoms with Crippen molar-refractivity contribution in [2.75, 3.05) is 12.8 Å². The number of nitrogen functional groups attached to an aromatic ring is 1. The Bertz CT molecular complexity index is 816. The lowest BCUT2D eigenvalue weighted by Crippen LogP contribution is -2.04. The van der Waals surface area contributed by atoms with Gasteiger partial charge in [-0.1, -0.05) is 17.7 Å². The molecule has 0 aliphatic rings. The number of aromatic nitrogens is 2. The van der Waals surface area contributed by atoms with Gasteiger partial charge in [-0.25, -0.2) is 9.37 Å². The third kappa shape index (κ3) is 2.52. The fourth-order valence-corrected chi connectivity index (χ4v) is 2.44. The van der Waals surface area contributed by atoms with Crippen molar-refractivity contribution in [3.63, 3.8) is 0 Å². The molecule has 3 rings (SSSR count). The number of fused-ring (bicyclic) bond motifs is 1. The Morgan fingerprint density at radius 2 is 2.10 bits per heavy atom. The van der Waals surface area contributed by atoms with Crippen molar-refractivity contribution < 1.29 is 9.13 Å². The molecule has 6 heteroatoms. The topological polar surface area (TPSA) is 53.1 Å². The van der Waals surface area contributed by atoms with E-state index in [2.05, 4.69) is 4.98 Å². The number of imidazole rings is 1. The van der Waals surface area contributed by atoms with Crippen LogP contribution < -0.4 is 10.5 Å². The maximum absolute atomic E-state index is 13.2. The molecule has 0 fully saturated rings. The molecule has 21 heavy (non-hydrogen) atoms. The first kappa shape index (κ1) is 13.7. The predicted octanol–water partition coefficient (Wildman–Crippen LogP) is 3.47. The molecule has 0 unspecified atom stereocenters. The van der Waals surface area contributed by atoms with Crippen LogP contribution in [0.15, 0.2) is 36.4 Å². The van der Waals surface area contributed by atoms with Crippen LogP contribution in [0.1, 0.15) is 5.56 Å². The molecule has 2 N–H and O–H groups in total. The van der Waals surface area contributed by atoms with Gasteiger partial charge in [0.1, 0.15) is 11.6 Å². The molecule has 0 saturated heterocycles. The average molecular weight is 306 g/mol. The summed E-state index contributed by atoms with van der Waals surface area (Å²) < 4.78 is 20.3. The smallest absolute Gasteiger partial charge is 0.201 e. The van der Waals surface area contributed by atoms with E-state index in [4.69, 9.17) is 22.1 Å². The van der Waals surface area contributed by atoms with Crippen LogP contribution in [0.4, 0.5) is 10.3 Å². The second-order valence-electron chi connectivity index (χ2n) is 4.66. The van der Waals surface area contributed by atoms with E-state index in [9.17, 15) is 4.39 Å². The molecule has 0 saturated carbocycles. The van der Waals surface area contributed by atoms with Gasteiger partial charge in [0.15, 0.2) is 0 Å². The van der Waals surface area contributed by atoms with E-state index in [-0.39, 0.29) is 5.02 Å². The maximum atomic E-state index is 13.2. The Morgan fingerprint density at radius 3 is 2.81 bits per heavy atom. The van der Waals surface area contributed by atoms with Gasteiger partial charge in [-0.15, -0.1) is 0 Å². The third-order valence-corrected chi connectivity index (χ3v) is 3.60. The zero-order valence-corrected chi connectivity index (χ0v) is 12.1. The zero-order chi connectivity index (χ0) is 15.0. The van der Waals surface area contributed by atoms with E-state index in [1.807, 2.05) is 22.8 Å². The Kier molecular flexibility index (Phi) is 3.43. The minimum atomic E-state index is -0.439. The van der Waals surface area contributed by atoms with Crippen molar-refractivity contribution in [3.8, 4) is 5.75 Å². The van der Waals surface area contributed by atoms with Gasteiger partial charge in [0.25, 0.3) is 0 Å². The van der Waals surface area contributed by atoms with Crippen molar-refractivity contribution in [1.29, 1.82) is 0 Å². The molecule has 108 valence electrons. The van der Waals surface area contributed by atoms with Gasteiger partial charge in [0.2, 0.25) is 5.95 Å². The highest BCUT2D eigenvalue weighted by molar-refractivity contribution is 6.30. The molecule has 3 aromatic rings. The molecule has 0 aliphatic heterocycles. The number of halogens is 2. The number of benzene rings is 2. The van der Waals surface area contributed by atoms with Crippen LogP contribution in [0.25, 0.3) is 11.0 Å². The average Bonchev–Trinajstić information content (AvgIpc) is 2.78. The van der Waals surface area contributed by atoms with Crippen molar-refractivity contribution in [1.82, 2.24) is 9.55 Å². The summed E-state index contributed by atoms with van der Waals surface area (Å²) in [4.78, 5) is 4.30. The van der Waals surface area contributed by atoms with E-state index in [0.29, 0.717) is 12.5 Å². The summed E-state index contributed by atoms with van der Waals surface area (Å²) in [6.45, 7) is 0.454. The number of anilines is 1. The molecule has 0 amide bonds. The lowest BCUT2D eigenvalue weighted by molar-refractivity contribution is 0.415. The van der Waals surface area contributed by atoms with Gasteiger partial charge in [-0.3, -0.25) is 0 Å². The van der Waals surface area contributed by atoms with E-state index < -0.39 is 5.82 Å². The minimum absolute atomic E-state index is 0.0908. The Hall–Kier alpha value is -2.27. The summed E-state index contributed by atoms with van der Waals surface area (Å²) >= 11 is 5.81. The molecule has 4 nitrogen and oxygen atoms in total. The summed E-state index contributed by atoms with van der Waals surface area (Å²) in [5.41, 5.74) is 8.44. The van der Waals surface area contributed by atoms with E-state index in [1.54, 1.807) is 19.2 Å². The van der Waals surface area contributed by atoms with Crippen molar-refractivity contribution in [2.24, 2.45) is 0 Å². The Morgan fingerprint density at radius 1 is 1.29 bits per heavy atom. The molecule has 0 bridgehead atoms. The normalized spacial score (nSPS) is 11.0. The molecule has 1 aromatic heterocycles. The molecular weight excluding hydrogens is 293 g/mol. The summed E-state index contributed by atoms with van der Waals surface area (Å²) in [6.07, 6.45) is 0. The SMILES string of the molecule is COc1ccc2nc(N)n(Cc3ccc(F)c(Cl)c3)c2c1. The lowest BCUT2D eigenvalue weighted by Gasteiger charge is -2.08. The largest absolute Gasteiger partial charge is 0.497 e. The number of nitrogens with two attached hydrogens (primary N) is 1. The summed E-state index contributed by atoms with van der Waals surface area (Å²) in [7, 11) is 1.60. The predicted molar refractivity (Wildman–Crippen MR) is 81.2 cm³/mol. The first-order chi connectivity index (χ1) is 10.1. The standard InChI is InChI=1S/C15H13ClFN3O/c1-21-10-3-5-13-14(7-10)20(15(18)19-13)8-9-2-4-12(17)11(16)6-9/h2-7H,8H2,1H3,(H2,18,19). The van der Waals surface area contributed by atoms with Crippen LogP contribution >= 0.6 is 11.6 Å². The molecular formula is C15H13ClFN3O. The molecule has 0 atom stereocenters. The number of hydrogen-bond acceptors (Lipinski definition) is 3. The number of hydrogen-bond donors (Lipinski definition) is 1. The molecule has 1 heterocycles. The number of rotatable bonds is 3. The van der Waals surface area contributed by atoms with Gasteiger partial charge in [0, 0.05) is 6.07 Å². The number of methoxy groups -OCH3 is 1. The summed E-state index contributed by atoms with van der Waals surface area (Å²) in [6, 6.07) is 10.1. The Balaban J connectivity index is 2.06.